The maximum atomic E-state index is 7.13. The van der Waals surface area contributed by atoms with Crippen LogP contribution in [0.3, 0.4) is 0 Å². The first-order valence-corrected chi connectivity index (χ1v) is 9.71. The fraction of sp³-hybridized carbons (Fsp3) is 0.0909. The molecule has 0 spiro atoms. The lowest BCUT2D eigenvalue weighted by Crippen LogP contribution is -2.07. The number of hydrogen-bond donors (Lipinski definition) is 1. The molecule has 3 heterocycles. The van der Waals surface area contributed by atoms with Gasteiger partial charge in [0.1, 0.15) is 0 Å². The summed E-state index contributed by atoms with van der Waals surface area (Å²) in [6, 6.07) is 16.2. The number of benzene rings is 2. The van der Waals surface area contributed by atoms with Gasteiger partial charge < -0.3 is 10.3 Å². The molecular formula is C22H16BrN5. The molecule has 0 amide bonds. The van der Waals surface area contributed by atoms with Gasteiger partial charge in [-0.05, 0) is 35.4 Å². The first-order chi connectivity index (χ1) is 13.7. The normalized spacial score (nSPS) is 11.9. The lowest BCUT2D eigenvalue weighted by molar-refractivity contribution is 0.817. The molecule has 1 aliphatic heterocycles. The van der Waals surface area contributed by atoms with Crippen molar-refractivity contribution >= 4 is 21.6 Å². The molecule has 0 unspecified atom stereocenters. The van der Waals surface area contributed by atoms with Crippen LogP contribution in [0.2, 0.25) is 0 Å². The highest BCUT2D eigenvalue weighted by Gasteiger charge is 2.23. The molecule has 6 heteroatoms. The minimum absolute atomic E-state index is 0.425. The zero-order chi connectivity index (χ0) is 19.3. The van der Waals surface area contributed by atoms with E-state index in [0.717, 1.165) is 45.0 Å². The largest absolute Gasteiger partial charge is 0.340 e. The Hall–Kier alpha value is -3.14. The highest BCUT2D eigenvalue weighted by molar-refractivity contribution is 9.10. The molecule has 2 aromatic carbocycles. The summed E-state index contributed by atoms with van der Waals surface area (Å²) in [5.74, 6) is 0.894. The number of fused-ring (bicyclic) bond motifs is 5. The van der Waals surface area contributed by atoms with E-state index in [1.165, 1.54) is 5.56 Å². The van der Waals surface area contributed by atoms with Crippen LogP contribution in [0.5, 0.6) is 0 Å². The third-order valence-electron chi connectivity index (χ3n) is 5.12. The second-order valence-corrected chi connectivity index (χ2v) is 7.70. The van der Waals surface area contributed by atoms with E-state index in [9.17, 15) is 0 Å². The Morgan fingerprint density at radius 1 is 1.11 bits per heavy atom. The van der Waals surface area contributed by atoms with Gasteiger partial charge in [-0.3, -0.25) is 4.57 Å². The van der Waals surface area contributed by atoms with Crippen LogP contribution in [-0.2, 0) is 13.1 Å². The van der Waals surface area contributed by atoms with Crippen molar-refractivity contribution in [3.63, 3.8) is 0 Å². The Morgan fingerprint density at radius 2 is 1.93 bits per heavy atom. The van der Waals surface area contributed by atoms with Gasteiger partial charge in [-0.1, -0.05) is 40.2 Å². The average molecular weight is 430 g/mol. The molecule has 0 saturated heterocycles. The monoisotopic (exact) mass is 429 g/mol. The standard InChI is InChI=1S/C22H16BrN5/c1-25-18-5-2-14(3-6-18)15-9-21-22-26-11-19(10-24)28(22)20-7-4-17(23)8-16(20)13-27(21)12-15/h2-9,11-12H,10,13,24H2. The molecule has 1 aliphatic rings. The van der Waals surface area contributed by atoms with E-state index < -0.39 is 0 Å². The summed E-state index contributed by atoms with van der Waals surface area (Å²) < 4.78 is 5.44. The van der Waals surface area contributed by atoms with E-state index in [1.54, 1.807) is 0 Å². The van der Waals surface area contributed by atoms with Crippen molar-refractivity contribution in [2.75, 3.05) is 0 Å². The summed E-state index contributed by atoms with van der Waals surface area (Å²) in [4.78, 5) is 8.17. The molecule has 0 aliphatic carbocycles. The van der Waals surface area contributed by atoms with Crippen molar-refractivity contribution in [2.45, 2.75) is 13.1 Å². The van der Waals surface area contributed by atoms with Crippen LogP contribution in [-0.4, -0.2) is 14.1 Å². The van der Waals surface area contributed by atoms with Crippen LogP contribution < -0.4 is 5.73 Å². The van der Waals surface area contributed by atoms with Gasteiger partial charge >= 0.3 is 0 Å². The van der Waals surface area contributed by atoms with Gasteiger partial charge in [0, 0.05) is 29.3 Å². The smallest absolute Gasteiger partial charge is 0.187 e. The summed E-state index contributed by atoms with van der Waals surface area (Å²) in [5.41, 5.74) is 13.2. The number of halogens is 1. The van der Waals surface area contributed by atoms with Crippen LogP contribution in [0, 0.1) is 6.57 Å². The zero-order valence-corrected chi connectivity index (χ0v) is 16.5. The second kappa shape index (κ2) is 6.48. The number of aromatic nitrogens is 3. The van der Waals surface area contributed by atoms with Crippen molar-refractivity contribution in [3.8, 4) is 28.3 Å². The maximum Gasteiger partial charge on any atom is 0.187 e. The van der Waals surface area contributed by atoms with Crippen LogP contribution in [0.25, 0.3) is 33.2 Å². The fourth-order valence-electron chi connectivity index (χ4n) is 3.78. The van der Waals surface area contributed by atoms with Gasteiger partial charge in [0.2, 0.25) is 0 Å². The Balaban J connectivity index is 1.72. The minimum Gasteiger partial charge on any atom is -0.340 e. The van der Waals surface area contributed by atoms with Crippen LogP contribution in [0.1, 0.15) is 11.3 Å². The van der Waals surface area contributed by atoms with Gasteiger partial charge in [-0.25, -0.2) is 9.83 Å². The van der Waals surface area contributed by atoms with Crippen molar-refractivity contribution < 1.29 is 0 Å². The SMILES string of the molecule is [C-]#[N+]c1ccc(-c2cc3n(c2)Cc2cc(Br)ccc2-n2c(CN)cnc2-3)cc1. The van der Waals surface area contributed by atoms with Gasteiger partial charge in [0.05, 0.1) is 29.8 Å². The quantitative estimate of drug-likeness (QED) is 0.394. The zero-order valence-electron chi connectivity index (χ0n) is 14.9. The van der Waals surface area contributed by atoms with E-state index in [4.69, 9.17) is 17.3 Å². The lowest BCUT2D eigenvalue weighted by atomic mass is 10.1. The molecule has 0 bridgehead atoms. The molecule has 2 aromatic heterocycles. The average Bonchev–Trinajstić information content (AvgIpc) is 3.29. The molecule has 4 aromatic rings. The molecule has 5 nitrogen and oxygen atoms in total. The molecule has 0 atom stereocenters. The van der Waals surface area contributed by atoms with Crippen LogP contribution >= 0.6 is 15.9 Å². The van der Waals surface area contributed by atoms with Crippen molar-refractivity contribution in [3.05, 3.63) is 88.1 Å². The lowest BCUT2D eigenvalue weighted by Gasteiger charge is -2.12. The Labute approximate surface area is 171 Å². The van der Waals surface area contributed by atoms with E-state index in [2.05, 4.69) is 54.3 Å². The summed E-state index contributed by atoms with van der Waals surface area (Å²) in [5, 5.41) is 0. The van der Waals surface area contributed by atoms with Crippen molar-refractivity contribution in [1.29, 1.82) is 0 Å². The fourth-order valence-corrected chi connectivity index (χ4v) is 4.19. The first kappa shape index (κ1) is 17.0. The van der Waals surface area contributed by atoms with Gasteiger partial charge in [-0.15, -0.1) is 0 Å². The van der Waals surface area contributed by atoms with Gasteiger partial charge in [0.25, 0.3) is 0 Å². The van der Waals surface area contributed by atoms with Crippen LogP contribution in [0.15, 0.2) is 65.4 Å². The first-order valence-electron chi connectivity index (χ1n) is 8.92. The Bertz CT molecular complexity index is 1240. The maximum absolute atomic E-state index is 7.13. The molecule has 5 rings (SSSR count). The molecule has 136 valence electrons. The predicted octanol–water partition coefficient (Wildman–Crippen LogP) is 5.14. The van der Waals surface area contributed by atoms with E-state index in [1.807, 2.05) is 36.5 Å². The number of imidazole rings is 1. The van der Waals surface area contributed by atoms with Crippen LogP contribution in [0.4, 0.5) is 5.69 Å². The molecule has 0 radical (unpaired) electrons. The van der Waals surface area contributed by atoms with Gasteiger partial charge in [0.15, 0.2) is 11.5 Å². The summed E-state index contributed by atoms with van der Waals surface area (Å²) in [7, 11) is 0. The van der Waals surface area contributed by atoms with Crippen molar-refractivity contribution in [2.24, 2.45) is 5.73 Å². The molecule has 0 fully saturated rings. The van der Waals surface area contributed by atoms with E-state index in [0.29, 0.717) is 12.2 Å². The predicted molar refractivity (Wildman–Crippen MR) is 113 cm³/mol. The van der Waals surface area contributed by atoms with E-state index >= 15 is 0 Å². The third-order valence-corrected chi connectivity index (χ3v) is 5.62. The molecule has 2 N–H and O–H groups in total. The number of nitrogens with zero attached hydrogens (tertiary/aromatic N) is 4. The summed E-state index contributed by atoms with van der Waals surface area (Å²) in [6.45, 7) is 8.31. The highest BCUT2D eigenvalue weighted by Crippen LogP contribution is 2.36. The Morgan fingerprint density at radius 3 is 2.68 bits per heavy atom. The summed E-state index contributed by atoms with van der Waals surface area (Å²) in [6.07, 6.45) is 4.01. The topological polar surface area (TPSA) is 53.1 Å². The highest BCUT2D eigenvalue weighted by atomic mass is 79.9. The molecule has 28 heavy (non-hydrogen) atoms. The summed E-state index contributed by atoms with van der Waals surface area (Å²) >= 11 is 3.59. The number of hydrogen-bond acceptors (Lipinski definition) is 2. The van der Waals surface area contributed by atoms with E-state index in [-0.39, 0.29) is 0 Å². The third kappa shape index (κ3) is 2.60. The minimum atomic E-state index is 0.425. The van der Waals surface area contributed by atoms with Crippen molar-refractivity contribution in [1.82, 2.24) is 14.1 Å². The number of rotatable bonds is 2. The second-order valence-electron chi connectivity index (χ2n) is 6.79. The number of nitrogens with two attached hydrogens (primary N) is 1. The van der Waals surface area contributed by atoms with Gasteiger partial charge in [-0.2, -0.15) is 0 Å². The Kier molecular flexibility index (Phi) is 3.93. The molecular weight excluding hydrogens is 414 g/mol. The molecule has 0 saturated carbocycles.